The molecular weight excluding hydrogens is 284 g/mol. The summed E-state index contributed by atoms with van der Waals surface area (Å²) in [4.78, 5) is 18.6. The highest BCUT2D eigenvalue weighted by Gasteiger charge is 2.29. The van der Waals surface area contributed by atoms with Crippen LogP contribution in [0.3, 0.4) is 0 Å². The van der Waals surface area contributed by atoms with Crippen LogP contribution in [0, 0.1) is 0 Å². The van der Waals surface area contributed by atoms with Crippen molar-refractivity contribution in [1.82, 2.24) is 9.88 Å². The van der Waals surface area contributed by atoms with E-state index in [1.807, 2.05) is 30.0 Å². The number of carbonyl (C=O) groups excluding carboxylic acids is 1. The molecule has 1 amide bonds. The molecule has 0 saturated carbocycles. The Morgan fingerprint density at radius 1 is 1.38 bits per heavy atom. The number of piperidine rings is 1. The molecule has 1 saturated heterocycles. The minimum Gasteiger partial charge on any atom is -0.390 e. The van der Waals surface area contributed by atoms with Crippen LogP contribution in [0.2, 0.25) is 0 Å². The summed E-state index contributed by atoms with van der Waals surface area (Å²) in [7, 11) is 0. The summed E-state index contributed by atoms with van der Waals surface area (Å²) in [6.07, 6.45) is 2.53. The van der Waals surface area contributed by atoms with Crippen molar-refractivity contribution in [2.45, 2.75) is 38.2 Å². The zero-order chi connectivity index (χ0) is 14.9. The molecule has 4 nitrogen and oxygen atoms in total. The van der Waals surface area contributed by atoms with Gasteiger partial charge in [0.2, 0.25) is 5.91 Å². The summed E-state index contributed by atoms with van der Waals surface area (Å²) in [6.45, 7) is 3.16. The van der Waals surface area contributed by atoms with E-state index < -0.39 is 5.60 Å². The van der Waals surface area contributed by atoms with Gasteiger partial charge in [-0.05, 0) is 31.9 Å². The molecule has 0 radical (unpaired) electrons. The number of thiazole rings is 1. The first-order valence-electron chi connectivity index (χ1n) is 7.38. The van der Waals surface area contributed by atoms with Crippen molar-refractivity contribution >= 4 is 27.5 Å². The Morgan fingerprint density at radius 2 is 2.10 bits per heavy atom. The molecule has 1 aromatic heterocycles. The normalized spacial score (nSPS) is 18.1. The lowest BCUT2D eigenvalue weighted by Crippen LogP contribution is -2.45. The molecule has 1 aliphatic heterocycles. The van der Waals surface area contributed by atoms with Gasteiger partial charge in [0, 0.05) is 25.9 Å². The lowest BCUT2D eigenvalue weighted by Gasteiger charge is -2.35. The summed E-state index contributed by atoms with van der Waals surface area (Å²) in [6, 6.07) is 8.06. The number of aliphatic hydroxyl groups is 1. The van der Waals surface area contributed by atoms with E-state index in [-0.39, 0.29) is 5.91 Å². The van der Waals surface area contributed by atoms with Crippen LogP contribution in [0.1, 0.15) is 31.2 Å². The highest BCUT2D eigenvalue weighted by Crippen LogP contribution is 2.24. The fourth-order valence-corrected chi connectivity index (χ4v) is 3.60. The summed E-state index contributed by atoms with van der Waals surface area (Å²) < 4.78 is 1.17. The second-order valence-electron chi connectivity index (χ2n) is 5.95. The maximum atomic E-state index is 12.2. The van der Waals surface area contributed by atoms with Crippen molar-refractivity contribution < 1.29 is 9.90 Å². The number of amides is 1. The van der Waals surface area contributed by atoms with Gasteiger partial charge < -0.3 is 10.0 Å². The Hall–Kier alpha value is -1.46. The molecule has 0 unspecified atom stereocenters. The van der Waals surface area contributed by atoms with E-state index in [1.54, 1.807) is 11.3 Å². The van der Waals surface area contributed by atoms with Crippen LogP contribution in [0.25, 0.3) is 10.2 Å². The van der Waals surface area contributed by atoms with Gasteiger partial charge in [0.1, 0.15) is 0 Å². The monoisotopic (exact) mass is 304 g/mol. The van der Waals surface area contributed by atoms with Crippen molar-refractivity contribution in [1.29, 1.82) is 0 Å². The van der Waals surface area contributed by atoms with E-state index >= 15 is 0 Å². The molecule has 1 aromatic carbocycles. The predicted molar refractivity (Wildman–Crippen MR) is 84.4 cm³/mol. The zero-order valence-corrected chi connectivity index (χ0v) is 13.0. The minimum atomic E-state index is -0.607. The fraction of sp³-hybridized carbons (Fsp3) is 0.500. The first kappa shape index (κ1) is 14.5. The average molecular weight is 304 g/mol. The molecule has 0 spiro atoms. The van der Waals surface area contributed by atoms with Crippen LogP contribution in [-0.4, -0.2) is 39.6 Å². The largest absolute Gasteiger partial charge is 0.390 e. The minimum absolute atomic E-state index is 0.171. The Morgan fingerprint density at radius 3 is 2.81 bits per heavy atom. The van der Waals surface area contributed by atoms with Crippen molar-refractivity contribution in [3.63, 3.8) is 0 Å². The number of nitrogens with zero attached hydrogens (tertiary/aromatic N) is 2. The van der Waals surface area contributed by atoms with Gasteiger partial charge in [-0.15, -0.1) is 11.3 Å². The zero-order valence-electron chi connectivity index (χ0n) is 12.2. The first-order valence-corrected chi connectivity index (χ1v) is 8.20. The van der Waals surface area contributed by atoms with Crippen LogP contribution in [0.5, 0.6) is 0 Å². The van der Waals surface area contributed by atoms with Crippen LogP contribution >= 0.6 is 11.3 Å². The second-order valence-corrected chi connectivity index (χ2v) is 7.07. The van der Waals surface area contributed by atoms with E-state index in [2.05, 4.69) is 11.1 Å². The number of aryl methyl sites for hydroxylation is 1. The highest BCUT2D eigenvalue weighted by atomic mass is 32.1. The van der Waals surface area contributed by atoms with Crippen molar-refractivity contribution in [3.05, 3.63) is 29.3 Å². The van der Waals surface area contributed by atoms with Crippen molar-refractivity contribution in [2.24, 2.45) is 0 Å². The number of para-hydroxylation sites is 1. The van der Waals surface area contributed by atoms with E-state index in [0.29, 0.717) is 38.8 Å². The van der Waals surface area contributed by atoms with E-state index in [1.165, 1.54) is 4.70 Å². The number of likely N-dealkylation sites (tertiary alicyclic amines) is 1. The Bertz CT molecular complexity index is 608. The number of aromatic nitrogens is 1. The quantitative estimate of drug-likeness (QED) is 0.948. The molecule has 2 heterocycles. The molecule has 0 aliphatic carbocycles. The molecule has 0 bridgehead atoms. The van der Waals surface area contributed by atoms with Crippen molar-refractivity contribution in [2.75, 3.05) is 13.1 Å². The molecule has 5 heteroatoms. The molecule has 112 valence electrons. The molecule has 1 fully saturated rings. The van der Waals surface area contributed by atoms with Crippen LogP contribution < -0.4 is 0 Å². The van der Waals surface area contributed by atoms with Gasteiger partial charge in [-0.3, -0.25) is 4.79 Å². The lowest BCUT2D eigenvalue weighted by atomic mass is 9.93. The second kappa shape index (κ2) is 5.73. The smallest absolute Gasteiger partial charge is 0.222 e. The third-order valence-corrected chi connectivity index (χ3v) is 5.18. The Kier molecular flexibility index (Phi) is 3.95. The van der Waals surface area contributed by atoms with E-state index in [0.717, 1.165) is 10.5 Å². The molecule has 0 atom stereocenters. The molecular formula is C16H20N2O2S. The summed E-state index contributed by atoms with van der Waals surface area (Å²) in [5.74, 6) is 0.171. The van der Waals surface area contributed by atoms with Gasteiger partial charge in [0.15, 0.2) is 0 Å². The fourth-order valence-electron chi connectivity index (χ4n) is 2.64. The summed E-state index contributed by atoms with van der Waals surface area (Å²) >= 11 is 1.66. The predicted octanol–water partition coefficient (Wildman–Crippen LogP) is 2.60. The maximum Gasteiger partial charge on any atom is 0.222 e. The number of hydrogen-bond donors (Lipinski definition) is 1. The highest BCUT2D eigenvalue weighted by molar-refractivity contribution is 7.18. The Labute approximate surface area is 128 Å². The first-order chi connectivity index (χ1) is 10.0. The van der Waals surface area contributed by atoms with Crippen LogP contribution in [0.4, 0.5) is 0 Å². The molecule has 1 aliphatic rings. The number of benzene rings is 1. The molecule has 3 rings (SSSR count). The van der Waals surface area contributed by atoms with Gasteiger partial charge in [0.25, 0.3) is 0 Å². The average Bonchev–Trinajstić information content (AvgIpc) is 2.87. The molecule has 2 aromatic rings. The van der Waals surface area contributed by atoms with Gasteiger partial charge >= 0.3 is 0 Å². The standard InChI is InChI=1S/C16H20N2O2S/c1-16(20)8-10-18(11-9-16)15(19)7-6-14-17-12-4-2-3-5-13(12)21-14/h2-5,20H,6-11H2,1H3. The SMILES string of the molecule is CC1(O)CCN(C(=O)CCc2nc3ccccc3s2)CC1. The number of carbonyl (C=O) groups is 1. The van der Waals surface area contributed by atoms with Gasteiger partial charge in [-0.2, -0.15) is 0 Å². The van der Waals surface area contributed by atoms with Crippen LogP contribution in [0.15, 0.2) is 24.3 Å². The van der Waals surface area contributed by atoms with Crippen LogP contribution in [-0.2, 0) is 11.2 Å². The molecule has 21 heavy (non-hydrogen) atoms. The molecule has 1 N–H and O–H groups in total. The number of fused-ring (bicyclic) bond motifs is 1. The van der Waals surface area contributed by atoms with Gasteiger partial charge in [-0.25, -0.2) is 4.98 Å². The third kappa shape index (κ3) is 3.41. The Balaban J connectivity index is 1.56. The van der Waals surface area contributed by atoms with Gasteiger partial charge in [-0.1, -0.05) is 12.1 Å². The van der Waals surface area contributed by atoms with E-state index in [9.17, 15) is 9.90 Å². The lowest BCUT2D eigenvalue weighted by molar-refractivity contribution is -0.134. The third-order valence-electron chi connectivity index (χ3n) is 4.08. The number of rotatable bonds is 3. The summed E-state index contributed by atoms with van der Waals surface area (Å²) in [5, 5.41) is 10.9. The number of hydrogen-bond acceptors (Lipinski definition) is 4. The van der Waals surface area contributed by atoms with E-state index in [4.69, 9.17) is 0 Å². The topological polar surface area (TPSA) is 53.4 Å². The summed E-state index contributed by atoms with van der Waals surface area (Å²) in [5.41, 5.74) is 0.406. The maximum absolute atomic E-state index is 12.2. The van der Waals surface area contributed by atoms with Gasteiger partial charge in [0.05, 0.1) is 20.8 Å². The van der Waals surface area contributed by atoms with Crippen molar-refractivity contribution in [3.8, 4) is 0 Å².